The molecule has 0 aliphatic heterocycles. The molecular weight excluding hydrogens is 246 g/mol. The standard InChI is InChI=1S/C10H16ClN3O3/c1-16-4-3-7(6-15)13-9-8(11)5-12-10(14-9)17-2/h5,7,15H,3-4,6H2,1-2H3,(H,12,13,14). The first-order chi connectivity index (χ1) is 8.21. The van der Waals surface area contributed by atoms with Crippen LogP contribution in [0.4, 0.5) is 5.82 Å². The summed E-state index contributed by atoms with van der Waals surface area (Å²) in [5.41, 5.74) is 0. The maximum absolute atomic E-state index is 9.20. The number of anilines is 1. The lowest BCUT2D eigenvalue weighted by Crippen LogP contribution is -2.26. The van der Waals surface area contributed by atoms with Crippen LogP contribution < -0.4 is 10.1 Å². The molecule has 0 radical (unpaired) electrons. The molecule has 17 heavy (non-hydrogen) atoms. The van der Waals surface area contributed by atoms with Gasteiger partial charge in [-0.05, 0) is 6.42 Å². The highest BCUT2D eigenvalue weighted by Crippen LogP contribution is 2.21. The highest BCUT2D eigenvalue weighted by molar-refractivity contribution is 6.32. The fourth-order valence-electron chi connectivity index (χ4n) is 1.21. The Morgan fingerprint density at radius 3 is 2.88 bits per heavy atom. The zero-order chi connectivity index (χ0) is 12.7. The number of nitrogens with zero attached hydrogens (tertiary/aromatic N) is 2. The van der Waals surface area contributed by atoms with Crippen molar-refractivity contribution >= 4 is 17.4 Å². The number of rotatable bonds is 7. The van der Waals surface area contributed by atoms with Crippen LogP contribution in [0.5, 0.6) is 6.01 Å². The summed E-state index contributed by atoms with van der Waals surface area (Å²) in [6, 6.07) is 0.0485. The number of ether oxygens (including phenoxy) is 2. The van der Waals surface area contributed by atoms with E-state index in [2.05, 4.69) is 15.3 Å². The van der Waals surface area contributed by atoms with Crippen molar-refractivity contribution in [3.05, 3.63) is 11.2 Å². The molecule has 0 bridgehead atoms. The molecule has 0 aliphatic carbocycles. The molecule has 1 aromatic rings. The number of hydrogen-bond acceptors (Lipinski definition) is 6. The van der Waals surface area contributed by atoms with E-state index in [1.807, 2.05) is 0 Å². The number of aliphatic hydroxyl groups excluding tert-OH is 1. The minimum Gasteiger partial charge on any atom is -0.467 e. The van der Waals surface area contributed by atoms with Crippen molar-refractivity contribution in [1.82, 2.24) is 9.97 Å². The summed E-state index contributed by atoms with van der Waals surface area (Å²) < 4.78 is 9.84. The van der Waals surface area contributed by atoms with Crippen LogP contribution in [0.25, 0.3) is 0 Å². The van der Waals surface area contributed by atoms with Crippen molar-refractivity contribution in [3.63, 3.8) is 0 Å². The summed E-state index contributed by atoms with van der Waals surface area (Å²) in [5.74, 6) is 0.439. The van der Waals surface area contributed by atoms with E-state index in [1.54, 1.807) is 7.11 Å². The van der Waals surface area contributed by atoms with E-state index in [0.717, 1.165) is 0 Å². The lowest BCUT2D eigenvalue weighted by atomic mass is 10.2. The Morgan fingerprint density at radius 1 is 1.53 bits per heavy atom. The highest BCUT2D eigenvalue weighted by Gasteiger charge is 2.11. The third-order valence-corrected chi connectivity index (χ3v) is 2.41. The highest BCUT2D eigenvalue weighted by atomic mass is 35.5. The van der Waals surface area contributed by atoms with Crippen LogP contribution in [0.1, 0.15) is 6.42 Å². The van der Waals surface area contributed by atoms with Gasteiger partial charge in [-0.2, -0.15) is 4.98 Å². The van der Waals surface area contributed by atoms with Crippen molar-refractivity contribution in [3.8, 4) is 6.01 Å². The molecule has 0 spiro atoms. The molecule has 0 amide bonds. The van der Waals surface area contributed by atoms with Gasteiger partial charge in [-0.15, -0.1) is 0 Å². The monoisotopic (exact) mass is 261 g/mol. The molecule has 7 heteroatoms. The second kappa shape index (κ2) is 7.26. The van der Waals surface area contributed by atoms with E-state index in [-0.39, 0.29) is 18.7 Å². The van der Waals surface area contributed by atoms with E-state index in [0.29, 0.717) is 23.9 Å². The molecule has 1 aromatic heterocycles. The zero-order valence-corrected chi connectivity index (χ0v) is 10.6. The predicted molar refractivity (Wildman–Crippen MR) is 64.6 cm³/mol. The summed E-state index contributed by atoms with van der Waals surface area (Å²) in [4.78, 5) is 7.92. The van der Waals surface area contributed by atoms with E-state index in [9.17, 15) is 5.11 Å². The molecule has 1 unspecified atom stereocenters. The van der Waals surface area contributed by atoms with Crippen LogP contribution in [-0.2, 0) is 4.74 Å². The van der Waals surface area contributed by atoms with Gasteiger partial charge >= 0.3 is 6.01 Å². The summed E-state index contributed by atoms with van der Waals surface area (Å²) in [7, 11) is 3.08. The van der Waals surface area contributed by atoms with Crippen LogP contribution in [0, 0.1) is 0 Å². The molecule has 0 fully saturated rings. The molecule has 0 aromatic carbocycles. The third-order valence-electron chi connectivity index (χ3n) is 2.14. The van der Waals surface area contributed by atoms with Gasteiger partial charge in [0.25, 0.3) is 0 Å². The molecule has 0 saturated heterocycles. The lowest BCUT2D eigenvalue weighted by Gasteiger charge is -2.17. The lowest BCUT2D eigenvalue weighted by molar-refractivity contribution is 0.174. The van der Waals surface area contributed by atoms with Crippen molar-refractivity contribution in [2.45, 2.75) is 12.5 Å². The largest absolute Gasteiger partial charge is 0.467 e. The predicted octanol–water partition coefficient (Wildman–Crippen LogP) is 0.948. The first-order valence-corrected chi connectivity index (χ1v) is 5.52. The molecular formula is C10H16ClN3O3. The van der Waals surface area contributed by atoms with Crippen molar-refractivity contribution in [2.75, 3.05) is 32.8 Å². The van der Waals surface area contributed by atoms with Gasteiger partial charge in [0, 0.05) is 13.7 Å². The van der Waals surface area contributed by atoms with Crippen LogP contribution in [0.2, 0.25) is 5.02 Å². The van der Waals surface area contributed by atoms with Gasteiger partial charge in [0.05, 0.1) is 26.0 Å². The van der Waals surface area contributed by atoms with E-state index >= 15 is 0 Å². The van der Waals surface area contributed by atoms with Crippen LogP contribution in [0.3, 0.4) is 0 Å². The molecule has 1 rings (SSSR count). The fourth-order valence-corrected chi connectivity index (χ4v) is 1.36. The quantitative estimate of drug-likeness (QED) is 0.761. The number of aliphatic hydroxyl groups is 1. The Kier molecular flexibility index (Phi) is 5.96. The molecule has 96 valence electrons. The van der Waals surface area contributed by atoms with Gasteiger partial charge in [-0.3, -0.25) is 0 Å². The van der Waals surface area contributed by atoms with Crippen LogP contribution in [0.15, 0.2) is 6.20 Å². The molecule has 6 nitrogen and oxygen atoms in total. The molecule has 2 N–H and O–H groups in total. The normalized spacial score (nSPS) is 12.2. The van der Waals surface area contributed by atoms with Gasteiger partial charge in [-0.1, -0.05) is 11.6 Å². The van der Waals surface area contributed by atoms with Gasteiger partial charge in [0.15, 0.2) is 5.82 Å². The third kappa shape index (κ3) is 4.33. The zero-order valence-electron chi connectivity index (χ0n) is 9.81. The number of halogens is 1. The van der Waals surface area contributed by atoms with Gasteiger partial charge in [0.1, 0.15) is 5.02 Å². The Labute approximate surface area is 105 Å². The second-order valence-corrected chi connectivity index (χ2v) is 3.77. The van der Waals surface area contributed by atoms with Gasteiger partial charge < -0.3 is 19.9 Å². The Hall–Kier alpha value is -1.11. The molecule has 1 atom stereocenters. The second-order valence-electron chi connectivity index (χ2n) is 3.36. The minimum absolute atomic E-state index is 0.0357. The fraction of sp³-hybridized carbons (Fsp3) is 0.600. The number of methoxy groups -OCH3 is 2. The van der Waals surface area contributed by atoms with E-state index in [1.165, 1.54) is 13.3 Å². The van der Waals surface area contributed by atoms with E-state index < -0.39 is 0 Å². The smallest absolute Gasteiger partial charge is 0.318 e. The summed E-state index contributed by atoms with van der Waals surface area (Å²) >= 11 is 5.93. The topological polar surface area (TPSA) is 76.5 Å². The summed E-state index contributed by atoms with van der Waals surface area (Å²) in [6.07, 6.45) is 2.09. The summed E-state index contributed by atoms with van der Waals surface area (Å²) in [6.45, 7) is 0.504. The van der Waals surface area contributed by atoms with Gasteiger partial charge in [-0.25, -0.2) is 4.98 Å². The van der Waals surface area contributed by atoms with Crippen LogP contribution >= 0.6 is 11.6 Å². The van der Waals surface area contributed by atoms with Crippen molar-refractivity contribution < 1.29 is 14.6 Å². The Morgan fingerprint density at radius 2 is 2.29 bits per heavy atom. The van der Waals surface area contributed by atoms with Crippen molar-refractivity contribution in [1.29, 1.82) is 0 Å². The van der Waals surface area contributed by atoms with Gasteiger partial charge in [0.2, 0.25) is 0 Å². The number of hydrogen-bond donors (Lipinski definition) is 2. The maximum atomic E-state index is 9.20. The SMILES string of the molecule is COCCC(CO)Nc1nc(OC)ncc1Cl. The Bertz CT molecular complexity index is 352. The number of nitrogens with one attached hydrogen (secondary N) is 1. The maximum Gasteiger partial charge on any atom is 0.318 e. The van der Waals surface area contributed by atoms with Crippen molar-refractivity contribution in [2.24, 2.45) is 0 Å². The Balaban J connectivity index is 2.70. The number of aromatic nitrogens is 2. The first kappa shape index (κ1) is 14.0. The average Bonchev–Trinajstić information content (AvgIpc) is 2.36. The summed E-state index contributed by atoms with van der Waals surface area (Å²) in [5, 5.41) is 12.6. The molecule has 0 saturated carbocycles. The average molecular weight is 262 g/mol. The minimum atomic E-state index is -0.174. The van der Waals surface area contributed by atoms with E-state index in [4.69, 9.17) is 21.1 Å². The van der Waals surface area contributed by atoms with Crippen LogP contribution in [-0.4, -0.2) is 48.5 Å². The first-order valence-electron chi connectivity index (χ1n) is 5.14. The molecule has 1 heterocycles. The molecule has 0 aliphatic rings.